The van der Waals surface area contributed by atoms with Crippen LogP contribution in [0.5, 0.6) is 0 Å². The number of pyridine rings is 1. The molecule has 0 aliphatic heterocycles. The van der Waals surface area contributed by atoms with Crippen LogP contribution in [0.15, 0.2) is 35.1 Å². The third kappa shape index (κ3) is 4.16. The maximum Gasteiger partial charge on any atom is 0.417 e. The first kappa shape index (κ1) is 18.2. The molecule has 10 heteroatoms. The zero-order valence-corrected chi connectivity index (χ0v) is 13.8. The molecule has 1 aliphatic rings. The number of aromatic nitrogens is 1. The normalized spacial score (nSPS) is 19.1. The number of ether oxygens (including phenoxy) is 1. The van der Waals surface area contributed by atoms with E-state index in [9.17, 15) is 22.8 Å². The van der Waals surface area contributed by atoms with Gasteiger partial charge in [0.1, 0.15) is 5.76 Å². The summed E-state index contributed by atoms with van der Waals surface area (Å²) in [6.07, 6.45) is -1.97. The summed E-state index contributed by atoms with van der Waals surface area (Å²) in [4.78, 5) is 27.1. The summed E-state index contributed by atoms with van der Waals surface area (Å²) in [5, 5.41) is 1.82. The van der Waals surface area contributed by atoms with E-state index in [4.69, 9.17) is 20.8 Å². The van der Waals surface area contributed by atoms with Crippen LogP contribution in [0, 0.1) is 5.92 Å². The van der Waals surface area contributed by atoms with Gasteiger partial charge in [-0.15, -0.1) is 0 Å². The number of furan rings is 1. The minimum Gasteiger partial charge on any atom is -0.469 e. The van der Waals surface area contributed by atoms with E-state index in [1.54, 1.807) is 12.1 Å². The van der Waals surface area contributed by atoms with Crippen molar-refractivity contribution < 1.29 is 31.9 Å². The van der Waals surface area contributed by atoms with Gasteiger partial charge in [-0.05, 0) is 24.6 Å². The van der Waals surface area contributed by atoms with Gasteiger partial charge >= 0.3 is 12.1 Å². The summed E-state index contributed by atoms with van der Waals surface area (Å²) in [5.41, 5.74) is -1.04. The van der Waals surface area contributed by atoms with Crippen molar-refractivity contribution in [2.24, 2.45) is 5.92 Å². The predicted octanol–water partition coefficient (Wildman–Crippen LogP) is 3.63. The van der Waals surface area contributed by atoms with Gasteiger partial charge in [-0.2, -0.15) is 13.2 Å². The number of alkyl halides is 3. The molecule has 1 aliphatic carbocycles. The molecule has 26 heavy (non-hydrogen) atoms. The molecular weight excluding hydrogens is 377 g/mol. The van der Waals surface area contributed by atoms with Crippen LogP contribution in [0.2, 0.25) is 5.02 Å². The van der Waals surface area contributed by atoms with E-state index < -0.39 is 30.2 Å². The second-order valence-electron chi connectivity index (χ2n) is 5.67. The fourth-order valence-electron chi connectivity index (χ4n) is 2.37. The second kappa shape index (κ2) is 6.99. The van der Waals surface area contributed by atoms with Crippen LogP contribution in [-0.4, -0.2) is 23.5 Å². The predicted molar refractivity (Wildman–Crippen MR) is 83.4 cm³/mol. The molecule has 2 atom stereocenters. The van der Waals surface area contributed by atoms with E-state index in [1.807, 2.05) is 0 Å². The number of nitrogens with zero attached hydrogens (tertiary/aromatic N) is 1. The van der Waals surface area contributed by atoms with Gasteiger partial charge in [-0.1, -0.05) is 11.6 Å². The lowest BCUT2D eigenvalue weighted by Gasteiger charge is -2.10. The van der Waals surface area contributed by atoms with Gasteiger partial charge in [0.05, 0.1) is 22.8 Å². The van der Waals surface area contributed by atoms with Gasteiger partial charge in [0.15, 0.2) is 12.4 Å². The van der Waals surface area contributed by atoms with Crippen LogP contribution in [0.25, 0.3) is 0 Å². The topological polar surface area (TPSA) is 81.4 Å². The van der Waals surface area contributed by atoms with Gasteiger partial charge in [-0.3, -0.25) is 9.59 Å². The van der Waals surface area contributed by atoms with Crippen LogP contribution in [0.4, 0.5) is 19.0 Å². The molecule has 6 nitrogen and oxygen atoms in total. The molecule has 0 unspecified atom stereocenters. The lowest BCUT2D eigenvalue weighted by atomic mass is 10.2. The number of anilines is 1. The molecule has 1 amide bonds. The Labute approximate surface area is 150 Å². The first-order chi connectivity index (χ1) is 12.3. The Balaban J connectivity index is 1.50. The number of rotatable bonds is 5. The number of halogens is 4. The average Bonchev–Trinajstić information content (AvgIpc) is 3.19. The van der Waals surface area contributed by atoms with E-state index in [0.717, 1.165) is 0 Å². The molecule has 2 heterocycles. The van der Waals surface area contributed by atoms with Crippen LogP contribution in [0.3, 0.4) is 0 Å². The molecule has 0 bridgehead atoms. The maximum absolute atomic E-state index is 12.5. The van der Waals surface area contributed by atoms with Gasteiger partial charge in [0.2, 0.25) is 0 Å². The Kier molecular flexibility index (Phi) is 4.90. The summed E-state index contributed by atoms with van der Waals surface area (Å²) < 4.78 is 47.7. The minimum atomic E-state index is -4.59. The Bertz CT molecular complexity index is 823. The summed E-state index contributed by atoms with van der Waals surface area (Å²) >= 11 is 5.68. The van der Waals surface area contributed by atoms with Gasteiger partial charge < -0.3 is 14.5 Å². The van der Waals surface area contributed by atoms with Crippen molar-refractivity contribution >= 4 is 29.3 Å². The average molecular weight is 389 g/mol. The number of nitrogens with one attached hydrogen (secondary N) is 1. The number of hydrogen-bond donors (Lipinski definition) is 1. The van der Waals surface area contributed by atoms with Gasteiger partial charge in [-0.25, -0.2) is 4.98 Å². The lowest BCUT2D eigenvalue weighted by molar-refractivity contribution is -0.148. The van der Waals surface area contributed by atoms with E-state index in [0.29, 0.717) is 24.4 Å². The van der Waals surface area contributed by atoms with E-state index in [1.165, 1.54) is 6.26 Å². The van der Waals surface area contributed by atoms with Crippen molar-refractivity contribution in [3.05, 3.63) is 47.0 Å². The molecule has 0 saturated heterocycles. The van der Waals surface area contributed by atoms with Crippen LogP contribution < -0.4 is 5.32 Å². The zero-order valence-electron chi connectivity index (χ0n) is 13.0. The molecular formula is C16H12ClF3N2O4. The van der Waals surface area contributed by atoms with Crippen LogP contribution in [-0.2, 0) is 20.5 Å². The van der Waals surface area contributed by atoms with Crippen molar-refractivity contribution in [1.82, 2.24) is 4.98 Å². The van der Waals surface area contributed by atoms with E-state index >= 15 is 0 Å². The summed E-state index contributed by atoms with van der Waals surface area (Å²) in [5.74, 6) is -1.32. The lowest BCUT2D eigenvalue weighted by Crippen LogP contribution is -2.22. The van der Waals surface area contributed by atoms with Crippen LogP contribution in [0.1, 0.15) is 23.7 Å². The molecule has 138 valence electrons. The molecule has 1 saturated carbocycles. The van der Waals surface area contributed by atoms with Crippen LogP contribution >= 0.6 is 11.6 Å². The molecule has 0 spiro atoms. The molecule has 1 N–H and O–H groups in total. The molecule has 2 aromatic heterocycles. The fraction of sp³-hybridized carbons (Fsp3) is 0.312. The second-order valence-corrected chi connectivity index (χ2v) is 6.08. The number of carbonyl (C=O) groups is 2. The highest BCUT2D eigenvalue weighted by Gasteiger charge is 2.47. The quantitative estimate of drug-likeness (QED) is 0.791. The van der Waals surface area contributed by atoms with Crippen molar-refractivity contribution in [3.8, 4) is 0 Å². The Morgan fingerprint density at radius 1 is 1.42 bits per heavy atom. The van der Waals surface area contributed by atoms with Crippen molar-refractivity contribution in [2.75, 3.05) is 11.9 Å². The number of amides is 1. The molecule has 3 rings (SSSR count). The molecule has 0 aromatic carbocycles. The first-order valence-corrected chi connectivity index (χ1v) is 7.86. The SMILES string of the molecule is O=C(COC(=O)[C@@H]1C[C@@H]1c1ccco1)Nc1ncc(C(F)(F)F)cc1Cl. The monoisotopic (exact) mass is 388 g/mol. The fourth-order valence-corrected chi connectivity index (χ4v) is 2.58. The zero-order chi connectivity index (χ0) is 18.9. The molecule has 2 aromatic rings. The first-order valence-electron chi connectivity index (χ1n) is 7.48. The Morgan fingerprint density at radius 2 is 2.19 bits per heavy atom. The van der Waals surface area contributed by atoms with E-state index in [2.05, 4.69) is 10.3 Å². The summed E-state index contributed by atoms with van der Waals surface area (Å²) in [7, 11) is 0. The standard InChI is InChI=1S/C16H12ClF3N2O4/c17-11-4-8(16(18,19)20)6-21-14(11)22-13(23)7-26-15(24)10-5-9(10)12-2-1-3-25-12/h1-4,6,9-10H,5,7H2,(H,21,22,23)/t9-,10+/m0/s1. The molecule has 0 radical (unpaired) electrons. The molecule has 1 fully saturated rings. The summed E-state index contributed by atoms with van der Waals surface area (Å²) in [6.45, 7) is -0.598. The smallest absolute Gasteiger partial charge is 0.417 e. The largest absolute Gasteiger partial charge is 0.469 e. The highest BCUT2D eigenvalue weighted by molar-refractivity contribution is 6.33. The van der Waals surface area contributed by atoms with Crippen molar-refractivity contribution in [1.29, 1.82) is 0 Å². The third-order valence-electron chi connectivity index (χ3n) is 3.77. The third-order valence-corrected chi connectivity index (χ3v) is 4.06. The minimum absolute atomic E-state index is 0.0633. The number of esters is 1. The Morgan fingerprint density at radius 3 is 2.81 bits per heavy atom. The highest BCUT2D eigenvalue weighted by atomic mass is 35.5. The number of hydrogen-bond acceptors (Lipinski definition) is 5. The number of carbonyl (C=O) groups excluding carboxylic acids is 2. The Hall–Kier alpha value is -2.55. The van der Waals surface area contributed by atoms with Crippen molar-refractivity contribution in [3.63, 3.8) is 0 Å². The van der Waals surface area contributed by atoms with Gasteiger partial charge in [0, 0.05) is 12.1 Å². The van der Waals surface area contributed by atoms with Crippen molar-refractivity contribution in [2.45, 2.75) is 18.5 Å². The van der Waals surface area contributed by atoms with Gasteiger partial charge in [0.25, 0.3) is 5.91 Å². The summed E-state index contributed by atoms with van der Waals surface area (Å²) in [6, 6.07) is 4.11. The van der Waals surface area contributed by atoms with E-state index in [-0.39, 0.29) is 22.7 Å². The maximum atomic E-state index is 12.5. The highest BCUT2D eigenvalue weighted by Crippen LogP contribution is 2.48.